The Morgan fingerprint density at radius 3 is 3.06 bits per heavy atom. The fourth-order valence-corrected chi connectivity index (χ4v) is 2.30. The molecule has 1 atom stereocenters. The van der Waals surface area contributed by atoms with Crippen molar-refractivity contribution in [2.45, 2.75) is 32.5 Å². The van der Waals surface area contributed by atoms with Gasteiger partial charge in [0.2, 0.25) is 0 Å². The molecule has 0 spiro atoms. The Morgan fingerprint density at radius 1 is 1.62 bits per heavy atom. The summed E-state index contributed by atoms with van der Waals surface area (Å²) < 4.78 is 8.70. The van der Waals surface area contributed by atoms with Crippen LogP contribution in [0.15, 0.2) is 16.9 Å². The van der Waals surface area contributed by atoms with Gasteiger partial charge < -0.3 is 4.74 Å². The van der Waals surface area contributed by atoms with Crippen molar-refractivity contribution in [3.05, 3.63) is 16.9 Å². The first-order chi connectivity index (χ1) is 7.65. The third-order valence-corrected chi connectivity index (χ3v) is 3.30. The quantitative estimate of drug-likeness (QED) is 0.849. The summed E-state index contributed by atoms with van der Waals surface area (Å²) in [6.07, 6.45) is 4.05. The monoisotopic (exact) mass is 287 g/mol. The van der Waals surface area contributed by atoms with Crippen LogP contribution in [0.5, 0.6) is 0 Å². The highest BCUT2D eigenvalue weighted by Crippen LogP contribution is 2.12. The average Bonchev–Trinajstić information content (AvgIpc) is 2.64. The van der Waals surface area contributed by atoms with Crippen molar-refractivity contribution in [2.24, 2.45) is 0 Å². The molecule has 1 aromatic rings. The van der Waals surface area contributed by atoms with Gasteiger partial charge in [-0.1, -0.05) is 0 Å². The van der Waals surface area contributed by atoms with E-state index in [1.165, 1.54) is 0 Å². The number of aromatic nitrogens is 2. The van der Waals surface area contributed by atoms with Crippen molar-refractivity contribution in [1.29, 1.82) is 0 Å². The molecule has 0 bridgehead atoms. The van der Waals surface area contributed by atoms with Crippen molar-refractivity contribution in [2.75, 3.05) is 19.7 Å². The lowest BCUT2D eigenvalue weighted by atomic mass is 10.2. The first kappa shape index (κ1) is 12.1. The fraction of sp³-hybridized carbons (Fsp3) is 0.727. The molecule has 1 aliphatic heterocycles. The molecule has 90 valence electrons. The normalized spacial score (nSPS) is 22.9. The van der Waals surface area contributed by atoms with Crippen LogP contribution < -0.4 is 0 Å². The maximum absolute atomic E-state index is 5.75. The SMILES string of the molecule is CC(C)N1CCO[C@@H](Cn2cc(Br)cn2)C1. The zero-order valence-electron chi connectivity index (χ0n) is 9.77. The zero-order valence-corrected chi connectivity index (χ0v) is 11.4. The van der Waals surface area contributed by atoms with Gasteiger partial charge in [0.1, 0.15) is 0 Å². The molecule has 16 heavy (non-hydrogen) atoms. The van der Waals surface area contributed by atoms with E-state index < -0.39 is 0 Å². The van der Waals surface area contributed by atoms with Gasteiger partial charge in [0.25, 0.3) is 0 Å². The Bertz CT molecular complexity index is 340. The van der Waals surface area contributed by atoms with Gasteiger partial charge in [0.15, 0.2) is 0 Å². The fourth-order valence-electron chi connectivity index (χ4n) is 1.97. The molecule has 0 saturated carbocycles. The van der Waals surface area contributed by atoms with Crippen LogP contribution in [-0.2, 0) is 11.3 Å². The molecule has 2 heterocycles. The smallest absolute Gasteiger partial charge is 0.0898 e. The van der Waals surface area contributed by atoms with Gasteiger partial charge in [-0.3, -0.25) is 9.58 Å². The maximum Gasteiger partial charge on any atom is 0.0898 e. The third-order valence-electron chi connectivity index (χ3n) is 2.89. The number of hydrogen-bond donors (Lipinski definition) is 0. The summed E-state index contributed by atoms with van der Waals surface area (Å²) in [5, 5.41) is 4.25. The van der Waals surface area contributed by atoms with Crippen molar-refractivity contribution < 1.29 is 4.74 Å². The van der Waals surface area contributed by atoms with E-state index in [9.17, 15) is 0 Å². The molecule has 1 aliphatic rings. The molecule has 0 aliphatic carbocycles. The van der Waals surface area contributed by atoms with Crippen molar-refractivity contribution >= 4 is 15.9 Å². The predicted molar refractivity (Wildman–Crippen MR) is 66.4 cm³/mol. The molecule has 4 nitrogen and oxygen atoms in total. The van der Waals surface area contributed by atoms with Crippen LogP contribution in [0.4, 0.5) is 0 Å². The first-order valence-electron chi connectivity index (χ1n) is 5.69. The van der Waals surface area contributed by atoms with Crippen LogP contribution in [0, 0.1) is 0 Å². The number of morpholine rings is 1. The Kier molecular flexibility index (Phi) is 4.00. The molecular formula is C11H18BrN3O. The van der Waals surface area contributed by atoms with Crippen LogP contribution in [0.25, 0.3) is 0 Å². The summed E-state index contributed by atoms with van der Waals surface area (Å²) in [5.74, 6) is 0. The topological polar surface area (TPSA) is 30.3 Å². The minimum atomic E-state index is 0.253. The van der Waals surface area contributed by atoms with E-state index >= 15 is 0 Å². The second kappa shape index (κ2) is 5.29. The number of nitrogens with zero attached hydrogens (tertiary/aromatic N) is 3. The molecular weight excluding hydrogens is 270 g/mol. The van der Waals surface area contributed by atoms with Crippen LogP contribution >= 0.6 is 15.9 Å². The van der Waals surface area contributed by atoms with Gasteiger partial charge in [0.05, 0.1) is 29.9 Å². The van der Waals surface area contributed by atoms with Crippen molar-refractivity contribution in [3.8, 4) is 0 Å². The second-order valence-corrected chi connectivity index (χ2v) is 5.38. The van der Waals surface area contributed by atoms with Gasteiger partial charge in [-0.15, -0.1) is 0 Å². The molecule has 0 aromatic carbocycles. The van der Waals surface area contributed by atoms with Crippen molar-refractivity contribution in [3.63, 3.8) is 0 Å². The summed E-state index contributed by atoms with van der Waals surface area (Å²) in [6, 6.07) is 0.593. The molecule has 0 N–H and O–H groups in total. The number of hydrogen-bond acceptors (Lipinski definition) is 3. The largest absolute Gasteiger partial charge is 0.374 e. The summed E-state index contributed by atoms with van der Waals surface area (Å²) in [6.45, 7) is 8.14. The lowest BCUT2D eigenvalue weighted by molar-refractivity contribution is -0.0469. The Balaban J connectivity index is 1.90. The summed E-state index contributed by atoms with van der Waals surface area (Å²) >= 11 is 3.40. The highest BCUT2D eigenvalue weighted by Gasteiger charge is 2.22. The van der Waals surface area contributed by atoms with Gasteiger partial charge in [-0.05, 0) is 29.8 Å². The van der Waals surface area contributed by atoms with E-state index in [-0.39, 0.29) is 6.10 Å². The molecule has 0 unspecified atom stereocenters. The van der Waals surface area contributed by atoms with Crippen LogP contribution in [0.3, 0.4) is 0 Å². The lowest BCUT2D eigenvalue weighted by Crippen LogP contribution is -2.47. The van der Waals surface area contributed by atoms with E-state index in [2.05, 4.69) is 39.8 Å². The van der Waals surface area contributed by atoms with E-state index in [0.717, 1.165) is 30.7 Å². The summed E-state index contributed by atoms with van der Waals surface area (Å²) in [4.78, 5) is 2.45. The molecule has 0 radical (unpaired) electrons. The van der Waals surface area contributed by atoms with E-state index in [1.807, 2.05) is 17.1 Å². The van der Waals surface area contributed by atoms with E-state index in [1.54, 1.807) is 0 Å². The van der Waals surface area contributed by atoms with Gasteiger partial charge in [-0.2, -0.15) is 5.10 Å². The van der Waals surface area contributed by atoms with E-state index in [4.69, 9.17) is 4.74 Å². The average molecular weight is 288 g/mol. The highest BCUT2D eigenvalue weighted by molar-refractivity contribution is 9.10. The van der Waals surface area contributed by atoms with Gasteiger partial charge in [0, 0.05) is 25.3 Å². The first-order valence-corrected chi connectivity index (χ1v) is 6.48. The van der Waals surface area contributed by atoms with Crippen molar-refractivity contribution in [1.82, 2.24) is 14.7 Å². The lowest BCUT2D eigenvalue weighted by Gasteiger charge is -2.35. The zero-order chi connectivity index (χ0) is 11.5. The molecule has 0 amide bonds. The Morgan fingerprint density at radius 2 is 2.44 bits per heavy atom. The molecule has 1 saturated heterocycles. The van der Waals surface area contributed by atoms with Gasteiger partial charge >= 0.3 is 0 Å². The molecule has 1 aromatic heterocycles. The molecule has 2 rings (SSSR count). The Hall–Kier alpha value is -0.390. The minimum Gasteiger partial charge on any atom is -0.374 e. The third kappa shape index (κ3) is 3.06. The van der Waals surface area contributed by atoms with Crippen LogP contribution in [-0.4, -0.2) is 46.5 Å². The standard InChI is InChI=1S/C11H18BrN3O/c1-9(2)14-3-4-16-11(7-14)8-15-6-10(12)5-13-15/h5-6,9,11H,3-4,7-8H2,1-2H3/t11-/m1/s1. The highest BCUT2D eigenvalue weighted by atomic mass is 79.9. The summed E-state index contributed by atoms with van der Waals surface area (Å²) in [5.41, 5.74) is 0. The number of ether oxygens (including phenoxy) is 1. The number of halogens is 1. The van der Waals surface area contributed by atoms with Gasteiger partial charge in [-0.25, -0.2) is 0 Å². The predicted octanol–water partition coefficient (Wildman–Crippen LogP) is 1.75. The summed E-state index contributed by atoms with van der Waals surface area (Å²) in [7, 11) is 0. The maximum atomic E-state index is 5.75. The van der Waals surface area contributed by atoms with E-state index in [0.29, 0.717) is 6.04 Å². The molecule has 1 fully saturated rings. The number of rotatable bonds is 3. The second-order valence-electron chi connectivity index (χ2n) is 4.46. The molecule has 5 heteroatoms. The van der Waals surface area contributed by atoms with Crippen LogP contribution in [0.1, 0.15) is 13.8 Å². The Labute approximate surface area is 105 Å². The minimum absolute atomic E-state index is 0.253. The van der Waals surface area contributed by atoms with Crippen LogP contribution in [0.2, 0.25) is 0 Å².